The first-order valence-electron chi connectivity index (χ1n) is 13.8. The molecule has 0 saturated carbocycles. The fraction of sp³-hybridized carbons (Fsp3) is 0.0286. The second kappa shape index (κ2) is 11.6. The smallest absolute Gasteiger partial charge is 0.124 e. The minimum Gasteiger partial charge on any atom is -0.507 e. The SMILES string of the molecule is [2H]C([2H])([2H])c1ccc(-c2cc(-c3ccccc3)cc(-c3ccccc3O)n2)[c-]c1-c1cc(-c2ccccc2)ccn1.[Pt]. The first-order chi connectivity index (χ1) is 19.9. The third-order valence-electron chi connectivity index (χ3n) is 6.46. The van der Waals surface area contributed by atoms with Crippen molar-refractivity contribution in [3.63, 3.8) is 0 Å². The van der Waals surface area contributed by atoms with Crippen molar-refractivity contribution >= 4 is 0 Å². The quantitative estimate of drug-likeness (QED) is 0.185. The molecular formula is C35H25N2OPt-. The van der Waals surface area contributed by atoms with Crippen molar-refractivity contribution in [3.8, 4) is 61.8 Å². The molecule has 0 spiro atoms. The number of nitrogens with zero attached hydrogens (tertiary/aromatic N) is 2. The molecule has 1 N–H and O–H groups in total. The van der Waals surface area contributed by atoms with Crippen LogP contribution in [0.3, 0.4) is 0 Å². The molecule has 2 aromatic heterocycles. The van der Waals surface area contributed by atoms with Gasteiger partial charge in [0.1, 0.15) is 5.75 Å². The summed E-state index contributed by atoms with van der Waals surface area (Å²) in [6, 6.07) is 41.3. The van der Waals surface area contributed by atoms with Gasteiger partial charge in [0, 0.05) is 48.3 Å². The number of aromatic nitrogens is 2. The number of phenolic OH excluding ortho intramolecular Hbond substituents is 1. The maximum Gasteiger partial charge on any atom is 0.124 e. The number of hydrogen-bond acceptors (Lipinski definition) is 3. The van der Waals surface area contributed by atoms with Crippen LogP contribution in [0.1, 0.15) is 9.68 Å². The van der Waals surface area contributed by atoms with Gasteiger partial charge in [-0.15, -0.1) is 23.8 Å². The van der Waals surface area contributed by atoms with Gasteiger partial charge in [-0.05, 0) is 46.5 Å². The predicted octanol–water partition coefficient (Wildman–Crippen LogP) is 8.62. The maximum atomic E-state index is 10.6. The molecule has 0 radical (unpaired) electrons. The summed E-state index contributed by atoms with van der Waals surface area (Å²) in [5.41, 5.74) is 7.33. The summed E-state index contributed by atoms with van der Waals surface area (Å²) in [6.07, 6.45) is 1.69. The number of rotatable bonds is 5. The summed E-state index contributed by atoms with van der Waals surface area (Å²) < 4.78 is 24.6. The Hall–Kier alpha value is -4.33. The van der Waals surface area contributed by atoms with Crippen molar-refractivity contribution in [2.45, 2.75) is 6.85 Å². The molecule has 0 aliphatic carbocycles. The van der Waals surface area contributed by atoms with E-state index in [1.54, 1.807) is 30.5 Å². The van der Waals surface area contributed by atoms with E-state index in [1.165, 1.54) is 0 Å². The number of phenols is 1. The van der Waals surface area contributed by atoms with Crippen LogP contribution < -0.4 is 0 Å². The average molecular weight is 688 g/mol. The third kappa shape index (κ3) is 5.60. The van der Waals surface area contributed by atoms with Crippen LogP contribution in [0.4, 0.5) is 0 Å². The molecule has 4 heteroatoms. The van der Waals surface area contributed by atoms with E-state index in [1.807, 2.05) is 97.1 Å². The van der Waals surface area contributed by atoms with Crippen LogP contribution >= 0.6 is 0 Å². The molecule has 0 unspecified atom stereocenters. The van der Waals surface area contributed by atoms with Crippen molar-refractivity contribution in [2.75, 3.05) is 0 Å². The van der Waals surface area contributed by atoms with Crippen LogP contribution in [0.5, 0.6) is 5.75 Å². The fourth-order valence-corrected chi connectivity index (χ4v) is 4.52. The molecule has 192 valence electrons. The molecule has 6 rings (SSSR count). The predicted molar refractivity (Wildman–Crippen MR) is 154 cm³/mol. The van der Waals surface area contributed by atoms with Gasteiger partial charge in [0.2, 0.25) is 0 Å². The summed E-state index contributed by atoms with van der Waals surface area (Å²) in [7, 11) is 0. The number of aryl methyl sites for hydroxylation is 1. The zero-order chi connectivity index (χ0) is 28.4. The molecule has 4 aromatic carbocycles. The number of benzene rings is 4. The Morgan fingerprint density at radius 3 is 2.00 bits per heavy atom. The molecule has 0 fully saturated rings. The van der Waals surface area contributed by atoms with Gasteiger partial charge in [-0.3, -0.25) is 9.97 Å². The van der Waals surface area contributed by atoms with Crippen LogP contribution in [0, 0.1) is 12.9 Å². The van der Waals surface area contributed by atoms with Gasteiger partial charge in [0.15, 0.2) is 0 Å². The van der Waals surface area contributed by atoms with Crippen molar-refractivity contribution < 1.29 is 30.3 Å². The maximum absolute atomic E-state index is 10.6. The summed E-state index contributed by atoms with van der Waals surface area (Å²) in [4.78, 5) is 9.45. The van der Waals surface area contributed by atoms with Gasteiger partial charge < -0.3 is 5.11 Å². The van der Waals surface area contributed by atoms with E-state index in [-0.39, 0.29) is 32.4 Å². The molecule has 0 aliphatic heterocycles. The Bertz CT molecular complexity index is 1840. The Morgan fingerprint density at radius 1 is 0.641 bits per heavy atom. The summed E-state index contributed by atoms with van der Waals surface area (Å²) >= 11 is 0. The average Bonchev–Trinajstić information content (AvgIpc) is 3.01. The number of hydrogen-bond donors (Lipinski definition) is 1. The van der Waals surface area contributed by atoms with E-state index in [0.717, 1.165) is 22.3 Å². The minimum atomic E-state index is -2.37. The number of pyridine rings is 2. The Kier molecular flexibility index (Phi) is 6.73. The number of aromatic hydroxyl groups is 1. The number of para-hydroxylation sites is 1. The van der Waals surface area contributed by atoms with Gasteiger partial charge in [-0.25, -0.2) is 0 Å². The van der Waals surface area contributed by atoms with Crippen molar-refractivity contribution in [2.24, 2.45) is 0 Å². The van der Waals surface area contributed by atoms with Crippen molar-refractivity contribution in [3.05, 3.63) is 139 Å². The summed E-state index contributed by atoms with van der Waals surface area (Å²) in [5.74, 6) is 0.125. The Labute approximate surface area is 247 Å². The molecular weight excluding hydrogens is 659 g/mol. The third-order valence-corrected chi connectivity index (χ3v) is 6.46. The second-order valence-electron chi connectivity index (χ2n) is 8.97. The molecule has 0 amide bonds. The zero-order valence-electron chi connectivity index (χ0n) is 23.8. The van der Waals surface area contributed by atoms with Gasteiger partial charge in [-0.1, -0.05) is 103 Å². The molecule has 0 saturated heterocycles. The second-order valence-corrected chi connectivity index (χ2v) is 8.97. The molecule has 3 nitrogen and oxygen atoms in total. The van der Waals surface area contributed by atoms with Crippen LogP contribution in [0.15, 0.2) is 128 Å². The molecule has 0 atom stereocenters. The van der Waals surface area contributed by atoms with Crippen LogP contribution in [-0.4, -0.2) is 15.1 Å². The molecule has 0 aliphatic rings. The molecule has 2 heterocycles. The van der Waals surface area contributed by atoms with E-state index in [0.29, 0.717) is 33.8 Å². The van der Waals surface area contributed by atoms with Crippen molar-refractivity contribution in [1.29, 1.82) is 0 Å². The normalized spacial score (nSPS) is 12.1. The fourth-order valence-electron chi connectivity index (χ4n) is 4.52. The van der Waals surface area contributed by atoms with E-state index < -0.39 is 6.85 Å². The van der Waals surface area contributed by atoms with E-state index in [9.17, 15) is 5.11 Å². The Morgan fingerprint density at radius 2 is 1.28 bits per heavy atom. The van der Waals surface area contributed by atoms with E-state index >= 15 is 0 Å². The van der Waals surface area contributed by atoms with E-state index in [2.05, 4.69) is 11.1 Å². The zero-order valence-corrected chi connectivity index (χ0v) is 23.1. The first-order valence-corrected chi connectivity index (χ1v) is 12.3. The van der Waals surface area contributed by atoms with Crippen LogP contribution in [-0.2, 0) is 21.1 Å². The molecule has 0 bridgehead atoms. The van der Waals surface area contributed by atoms with Crippen LogP contribution in [0.25, 0.3) is 56.0 Å². The summed E-state index contributed by atoms with van der Waals surface area (Å²) in [5, 5.41) is 10.6. The minimum absolute atomic E-state index is 0. The van der Waals surface area contributed by atoms with Gasteiger partial charge in [0.25, 0.3) is 0 Å². The standard InChI is InChI=1S/C35H25N2O.Pt/c1-24-16-17-28(20-31(24)33-21-27(18-19-36-33)25-10-4-2-5-11-25)32-22-29(26-12-6-3-7-13-26)23-34(37-32)30-14-8-9-15-35(30)38;/h2-19,21-23,38H,1H3;/q-1;/i1D3;. The van der Waals surface area contributed by atoms with Gasteiger partial charge >= 0.3 is 0 Å². The van der Waals surface area contributed by atoms with E-state index in [4.69, 9.17) is 9.10 Å². The summed E-state index contributed by atoms with van der Waals surface area (Å²) in [6.45, 7) is -2.37. The topological polar surface area (TPSA) is 46.0 Å². The largest absolute Gasteiger partial charge is 0.507 e. The van der Waals surface area contributed by atoms with Gasteiger partial charge in [0.05, 0.1) is 5.69 Å². The first kappa shape index (κ1) is 22.6. The monoisotopic (exact) mass is 687 g/mol. The van der Waals surface area contributed by atoms with Gasteiger partial charge in [-0.2, -0.15) is 0 Å². The van der Waals surface area contributed by atoms with Crippen molar-refractivity contribution in [1.82, 2.24) is 9.97 Å². The van der Waals surface area contributed by atoms with Crippen LogP contribution in [0.2, 0.25) is 0 Å². The molecule has 39 heavy (non-hydrogen) atoms. The Balaban J connectivity index is 0.00000353. The molecule has 6 aromatic rings.